The number of aryl methyl sites for hydroxylation is 1. The van der Waals surface area contributed by atoms with Crippen LogP contribution in [0.3, 0.4) is 0 Å². The van der Waals surface area contributed by atoms with Crippen LogP contribution >= 0.6 is 22.6 Å². The van der Waals surface area contributed by atoms with E-state index in [0.717, 1.165) is 3.57 Å². The standard InChI is InChI=1S/C22H15FIN3O2/c1-13-25-19-9-5-3-7-16(19)22(29)27(13)14-10-11-17(23)20(12-14)26-21(28)15-6-2-4-8-18(15)24/h2-12H,1H3,(H,26,28). The van der Waals surface area contributed by atoms with Gasteiger partial charge >= 0.3 is 0 Å². The summed E-state index contributed by atoms with van der Waals surface area (Å²) in [6.45, 7) is 1.71. The average molecular weight is 499 g/mol. The first-order valence-electron chi connectivity index (χ1n) is 8.80. The van der Waals surface area contributed by atoms with Gasteiger partial charge in [-0.05, 0) is 72.0 Å². The van der Waals surface area contributed by atoms with Crippen molar-refractivity contribution in [2.45, 2.75) is 6.92 Å². The lowest BCUT2D eigenvalue weighted by Gasteiger charge is -2.13. The molecule has 0 spiro atoms. The molecule has 144 valence electrons. The Hall–Kier alpha value is -3.07. The maximum absolute atomic E-state index is 14.4. The molecule has 1 amide bonds. The molecule has 0 aliphatic carbocycles. The third-order valence-corrected chi connectivity index (χ3v) is 5.46. The molecule has 4 rings (SSSR count). The van der Waals surface area contributed by atoms with E-state index in [0.29, 0.717) is 28.0 Å². The Morgan fingerprint density at radius 2 is 1.79 bits per heavy atom. The third kappa shape index (κ3) is 3.65. The van der Waals surface area contributed by atoms with Gasteiger partial charge in [0.2, 0.25) is 0 Å². The first-order chi connectivity index (χ1) is 14.0. The van der Waals surface area contributed by atoms with Crippen molar-refractivity contribution in [1.29, 1.82) is 0 Å². The summed E-state index contributed by atoms with van der Waals surface area (Å²) in [5.41, 5.74) is 1.20. The van der Waals surface area contributed by atoms with Crippen molar-refractivity contribution in [3.05, 3.63) is 97.9 Å². The number of amides is 1. The zero-order valence-electron chi connectivity index (χ0n) is 15.3. The van der Waals surface area contributed by atoms with Crippen LogP contribution in [0.1, 0.15) is 16.2 Å². The van der Waals surface area contributed by atoms with Crippen LogP contribution in [0.15, 0.2) is 71.5 Å². The van der Waals surface area contributed by atoms with Crippen molar-refractivity contribution in [2.24, 2.45) is 0 Å². The molecule has 0 aliphatic rings. The normalized spacial score (nSPS) is 10.9. The maximum atomic E-state index is 14.4. The monoisotopic (exact) mass is 499 g/mol. The van der Waals surface area contributed by atoms with Crippen molar-refractivity contribution in [1.82, 2.24) is 9.55 Å². The molecular weight excluding hydrogens is 484 g/mol. The second-order valence-electron chi connectivity index (χ2n) is 6.41. The summed E-state index contributed by atoms with van der Waals surface area (Å²) in [4.78, 5) is 30.0. The molecule has 7 heteroatoms. The van der Waals surface area contributed by atoms with Gasteiger partial charge in [0.15, 0.2) is 0 Å². The Kier molecular flexibility index (Phi) is 5.14. The van der Waals surface area contributed by atoms with Crippen LogP contribution in [-0.4, -0.2) is 15.5 Å². The molecule has 29 heavy (non-hydrogen) atoms. The van der Waals surface area contributed by atoms with Crippen LogP contribution in [0.5, 0.6) is 0 Å². The fraction of sp³-hybridized carbons (Fsp3) is 0.0455. The van der Waals surface area contributed by atoms with Gasteiger partial charge in [0.1, 0.15) is 11.6 Å². The smallest absolute Gasteiger partial charge is 0.265 e. The number of carbonyl (C=O) groups is 1. The van der Waals surface area contributed by atoms with E-state index in [9.17, 15) is 14.0 Å². The highest BCUT2D eigenvalue weighted by molar-refractivity contribution is 14.1. The van der Waals surface area contributed by atoms with Gasteiger partial charge < -0.3 is 5.32 Å². The first kappa shape index (κ1) is 19.3. The molecule has 0 saturated heterocycles. The van der Waals surface area contributed by atoms with E-state index in [-0.39, 0.29) is 11.2 Å². The lowest BCUT2D eigenvalue weighted by atomic mass is 10.2. The third-order valence-electron chi connectivity index (χ3n) is 4.52. The number of nitrogens with one attached hydrogen (secondary N) is 1. The van der Waals surface area contributed by atoms with Crippen molar-refractivity contribution < 1.29 is 9.18 Å². The molecule has 1 aromatic heterocycles. The highest BCUT2D eigenvalue weighted by Crippen LogP contribution is 2.22. The molecule has 0 atom stereocenters. The summed E-state index contributed by atoms with van der Waals surface area (Å²) >= 11 is 2.05. The van der Waals surface area contributed by atoms with Crippen molar-refractivity contribution in [2.75, 3.05) is 5.32 Å². The van der Waals surface area contributed by atoms with E-state index >= 15 is 0 Å². The zero-order chi connectivity index (χ0) is 20.5. The number of rotatable bonds is 3. The van der Waals surface area contributed by atoms with E-state index < -0.39 is 11.7 Å². The molecule has 0 aliphatic heterocycles. The number of hydrogen-bond donors (Lipinski definition) is 1. The summed E-state index contributed by atoms with van der Waals surface area (Å²) < 4.78 is 16.6. The number of carbonyl (C=O) groups excluding carboxylic acids is 1. The van der Waals surface area contributed by atoms with Crippen molar-refractivity contribution in [3.63, 3.8) is 0 Å². The van der Waals surface area contributed by atoms with E-state index in [2.05, 4.69) is 32.9 Å². The number of anilines is 1. The Bertz CT molecular complexity index is 1320. The van der Waals surface area contributed by atoms with E-state index in [4.69, 9.17) is 0 Å². The Morgan fingerprint density at radius 1 is 1.07 bits per heavy atom. The molecule has 0 radical (unpaired) electrons. The highest BCUT2D eigenvalue weighted by Gasteiger charge is 2.15. The Labute approximate surface area is 179 Å². The molecule has 0 bridgehead atoms. The van der Waals surface area contributed by atoms with Crippen LogP contribution in [0.4, 0.5) is 10.1 Å². The lowest BCUT2D eigenvalue weighted by Crippen LogP contribution is -2.22. The minimum Gasteiger partial charge on any atom is -0.319 e. The Morgan fingerprint density at radius 3 is 2.59 bits per heavy atom. The maximum Gasteiger partial charge on any atom is 0.265 e. The SMILES string of the molecule is Cc1nc2ccccc2c(=O)n1-c1ccc(F)c(NC(=O)c2ccccc2I)c1. The predicted octanol–water partition coefficient (Wildman–Crippen LogP) is 4.69. The molecule has 3 aromatic carbocycles. The molecule has 1 heterocycles. The van der Waals surface area contributed by atoms with Gasteiger partial charge in [-0.15, -0.1) is 0 Å². The quantitative estimate of drug-likeness (QED) is 0.416. The predicted molar refractivity (Wildman–Crippen MR) is 119 cm³/mol. The van der Waals surface area contributed by atoms with E-state index in [1.807, 2.05) is 12.1 Å². The number of fused-ring (bicyclic) bond motifs is 1. The van der Waals surface area contributed by atoms with Gasteiger partial charge in [0.25, 0.3) is 11.5 Å². The number of nitrogens with zero attached hydrogens (tertiary/aromatic N) is 2. The molecule has 0 saturated carbocycles. The van der Waals surface area contributed by atoms with Crippen molar-refractivity contribution >= 4 is 45.1 Å². The van der Waals surface area contributed by atoms with Crippen molar-refractivity contribution in [3.8, 4) is 5.69 Å². The molecule has 5 nitrogen and oxygen atoms in total. The number of aromatic nitrogens is 2. The number of para-hydroxylation sites is 1. The second-order valence-corrected chi connectivity index (χ2v) is 7.58. The van der Waals surface area contributed by atoms with Gasteiger partial charge in [-0.2, -0.15) is 0 Å². The minimum absolute atomic E-state index is 0.00777. The van der Waals surface area contributed by atoms with Gasteiger partial charge in [-0.1, -0.05) is 24.3 Å². The van der Waals surface area contributed by atoms with Crippen LogP contribution in [0.25, 0.3) is 16.6 Å². The van der Waals surface area contributed by atoms with Gasteiger partial charge in [-0.3, -0.25) is 14.2 Å². The zero-order valence-corrected chi connectivity index (χ0v) is 17.5. The van der Waals surface area contributed by atoms with Gasteiger partial charge in [0.05, 0.1) is 27.8 Å². The van der Waals surface area contributed by atoms with Crippen LogP contribution < -0.4 is 10.9 Å². The number of hydrogen-bond acceptors (Lipinski definition) is 3. The lowest BCUT2D eigenvalue weighted by molar-refractivity contribution is 0.102. The molecule has 0 unspecified atom stereocenters. The molecular formula is C22H15FIN3O2. The summed E-state index contributed by atoms with van der Waals surface area (Å²) in [5.74, 6) is -0.547. The number of halogens is 2. The minimum atomic E-state index is -0.590. The summed E-state index contributed by atoms with van der Waals surface area (Å²) in [6, 6.07) is 18.2. The second kappa shape index (κ2) is 7.75. The molecule has 4 aromatic rings. The summed E-state index contributed by atoms with van der Waals surface area (Å²) in [5, 5.41) is 3.06. The van der Waals surface area contributed by atoms with Gasteiger partial charge in [-0.25, -0.2) is 9.37 Å². The van der Waals surface area contributed by atoms with E-state index in [1.165, 1.54) is 22.8 Å². The Balaban J connectivity index is 1.78. The fourth-order valence-electron chi connectivity index (χ4n) is 3.13. The van der Waals surface area contributed by atoms with Crippen LogP contribution in [0, 0.1) is 16.3 Å². The average Bonchev–Trinajstić information content (AvgIpc) is 2.70. The van der Waals surface area contributed by atoms with Gasteiger partial charge in [0, 0.05) is 3.57 Å². The molecule has 0 fully saturated rings. The van der Waals surface area contributed by atoms with Crippen LogP contribution in [0.2, 0.25) is 0 Å². The number of benzene rings is 3. The summed E-state index contributed by atoms with van der Waals surface area (Å²) in [6.07, 6.45) is 0. The fourth-order valence-corrected chi connectivity index (χ4v) is 3.76. The summed E-state index contributed by atoms with van der Waals surface area (Å²) in [7, 11) is 0. The largest absolute Gasteiger partial charge is 0.319 e. The topological polar surface area (TPSA) is 64.0 Å². The highest BCUT2D eigenvalue weighted by atomic mass is 127. The molecule has 1 N–H and O–H groups in total. The van der Waals surface area contributed by atoms with Crippen LogP contribution in [-0.2, 0) is 0 Å². The van der Waals surface area contributed by atoms with E-state index in [1.54, 1.807) is 43.3 Å². The first-order valence-corrected chi connectivity index (χ1v) is 9.88.